The fourth-order valence-electron chi connectivity index (χ4n) is 2.50. The average molecular weight is 329 g/mol. The number of nitrogens with one attached hydrogen (secondary N) is 2. The lowest BCUT2D eigenvalue weighted by Gasteiger charge is -2.15. The zero-order chi connectivity index (χ0) is 17.4. The Balaban J connectivity index is 1.86. The van der Waals surface area contributed by atoms with E-state index in [-0.39, 0.29) is 24.1 Å². The maximum absolute atomic E-state index is 12.0. The Morgan fingerprint density at radius 1 is 1.42 bits per heavy atom. The number of aliphatic hydroxyl groups is 1. The number of amides is 1. The third-order valence-corrected chi connectivity index (χ3v) is 3.78. The van der Waals surface area contributed by atoms with Gasteiger partial charge in [-0.2, -0.15) is 0 Å². The molecule has 1 heterocycles. The van der Waals surface area contributed by atoms with Gasteiger partial charge in [-0.25, -0.2) is 4.98 Å². The first-order valence-corrected chi connectivity index (χ1v) is 8.13. The predicted molar refractivity (Wildman–Crippen MR) is 93.7 cm³/mol. The molecule has 0 saturated heterocycles. The number of aromatic nitrogens is 2. The maximum atomic E-state index is 12.0. The Kier molecular flexibility index (Phi) is 6.69. The molecule has 0 bridgehead atoms. The number of carbonyl (C=O) groups is 1. The van der Waals surface area contributed by atoms with Gasteiger partial charge < -0.3 is 15.4 Å². The number of benzene rings is 1. The van der Waals surface area contributed by atoms with Crippen molar-refractivity contribution >= 4 is 16.8 Å². The van der Waals surface area contributed by atoms with Crippen LogP contribution in [0.2, 0.25) is 0 Å². The summed E-state index contributed by atoms with van der Waals surface area (Å²) in [5.74, 6) is 0.470. The van der Waals surface area contributed by atoms with Gasteiger partial charge in [-0.1, -0.05) is 18.2 Å². The van der Waals surface area contributed by atoms with E-state index in [4.69, 9.17) is 0 Å². The molecular weight excluding hydrogens is 306 g/mol. The van der Waals surface area contributed by atoms with E-state index >= 15 is 0 Å². The number of hydrogen-bond acceptors (Lipinski definition) is 4. The standard InChI is InChI=1S/C18H23N3O3/c1-2-3-7-13(12-22)19-17(23)11-6-10-16-20-15-9-5-4-8-14(15)18(24)21-16/h2,4-5,8-9,13,22H,1,3,6-7,10-12H2,(H,19,23)(H,20,21,24)/t13-/m1/s1. The lowest BCUT2D eigenvalue weighted by molar-refractivity contribution is -0.122. The summed E-state index contributed by atoms with van der Waals surface area (Å²) in [6.45, 7) is 3.54. The smallest absolute Gasteiger partial charge is 0.258 e. The van der Waals surface area contributed by atoms with Crippen LogP contribution in [0.4, 0.5) is 0 Å². The van der Waals surface area contributed by atoms with Gasteiger partial charge in [-0.15, -0.1) is 6.58 Å². The minimum absolute atomic E-state index is 0.0842. The third-order valence-electron chi connectivity index (χ3n) is 3.78. The molecule has 0 aliphatic carbocycles. The number of H-pyrrole nitrogens is 1. The van der Waals surface area contributed by atoms with Crippen molar-refractivity contribution in [2.75, 3.05) is 6.61 Å². The SMILES string of the molecule is C=CCC[C@H](CO)NC(=O)CCCc1nc2ccccc2c(=O)[nH]1. The van der Waals surface area contributed by atoms with Gasteiger partial charge in [-0.05, 0) is 31.4 Å². The molecule has 6 nitrogen and oxygen atoms in total. The Bertz CT molecular complexity index is 755. The van der Waals surface area contributed by atoms with Gasteiger partial charge in [0.1, 0.15) is 5.82 Å². The molecule has 128 valence electrons. The van der Waals surface area contributed by atoms with Crippen LogP contribution >= 0.6 is 0 Å². The first kappa shape index (κ1) is 17.9. The minimum atomic E-state index is -0.242. The zero-order valence-electron chi connectivity index (χ0n) is 13.6. The Morgan fingerprint density at radius 2 is 2.21 bits per heavy atom. The molecule has 3 N–H and O–H groups in total. The molecule has 6 heteroatoms. The number of aryl methyl sites for hydroxylation is 1. The van der Waals surface area contributed by atoms with Gasteiger partial charge in [0.05, 0.1) is 23.6 Å². The van der Waals surface area contributed by atoms with E-state index < -0.39 is 0 Å². The Hall–Kier alpha value is -2.47. The van der Waals surface area contributed by atoms with Gasteiger partial charge in [-0.3, -0.25) is 9.59 Å². The fraction of sp³-hybridized carbons (Fsp3) is 0.389. The van der Waals surface area contributed by atoms with E-state index in [1.807, 2.05) is 6.07 Å². The summed E-state index contributed by atoms with van der Waals surface area (Å²) in [5.41, 5.74) is 0.496. The van der Waals surface area contributed by atoms with Gasteiger partial charge in [0.15, 0.2) is 0 Å². The summed E-state index contributed by atoms with van der Waals surface area (Å²) in [6.07, 6.45) is 4.59. The van der Waals surface area contributed by atoms with Crippen molar-refractivity contribution in [2.45, 2.75) is 38.1 Å². The van der Waals surface area contributed by atoms with E-state index in [0.29, 0.717) is 42.4 Å². The zero-order valence-corrected chi connectivity index (χ0v) is 13.6. The summed E-state index contributed by atoms with van der Waals surface area (Å²) >= 11 is 0. The molecular formula is C18H23N3O3. The highest BCUT2D eigenvalue weighted by atomic mass is 16.3. The van der Waals surface area contributed by atoms with Gasteiger partial charge in [0.2, 0.25) is 5.91 Å². The van der Waals surface area contributed by atoms with Crippen molar-refractivity contribution in [1.29, 1.82) is 0 Å². The number of carbonyl (C=O) groups excluding carboxylic acids is 1. The van der Waals surface area contributed by atoms with Crippen molar-refractivity contribution in [3.8, 4) is 0 Å². The summed E-state index contributed by atoms with van der Waals surface area (Å²) in [5, 5.41) is 12.6. The molecule has 24 heavy (non-hydrogen) atoms. The molecule has 0 aliphatic heterocycles. The second-order valence-corrected chi connectivity index (χ2v) is 5.70. The third kappa shape index (κ3) is 5.03. The molecule has 0 fully saturated rings. The Morgan fingerprint density at radius 3 is 2.96 bits per heavy atom. The van der Waals surface area contributed by atoms with E-state index in [1.165, 1.54) is 0 Å². The van der Waals surface area contributed by atoms with Crippen molar-refractivity contribution in [1.82, 2.24) is 15.3 Å². The number of para-hydroxylation sites is 1. The van der Waals surface area contributed by atoms with Crippen LogP contribution in [0.5, 0.6) is 0 Å². The fourth-order valence-corrected chi connectivity index (χ4v) is 2.50. The summed E-state index contributed by atoms with van der Waals surface area (Å²) in [7, 11) is 0. The van der Waals surface area contributed by atoms with Crippen molar-refractivity contribution in [3.63, 3.8) is 0 Å². The molecule has 0 unspecified atom stereocenters. The normalized spacial score (nSPS) is 12.0. The summed E-state index contributed by atoms with van der Waals surface area (Å²) in [4.78, 5) is 31.0. The molecule has 1 aromatic carbocycles. The molecule has 0 saturated carbocycles. The molecule has 2 aromatic rings. The van der Waals surface area contributed by atoms with Crippen LogP contribution in [0.3, 0.4) is 0 Å². The monoisotopic (exact) mass is 329 g/mol. The highest BCUT2D eigenvalue weighted by Crippen LogP contribution is 2.07. The van der Waals surface area contributed by atoms with Gasteiger partial charge in [0.25, 0.3) is 5.56 Å². The van der Waals surface area contributed by atoms with Crippen LogP contribution in [-0.2, 0) is 11.2 Å². The second kappa shape index (κ2) is 8.98. The number of hydrogen-bond donors (Lipinski definition) is 3. The van der Waals surface area contributed by atoms with Gasteiger partial charge in [0, 0.05) is 12.8 Å². The number of nitrogens with zero attached hydrogens (tertiary/aromatic N) is 1. The first-order valence-electron chi connectivity index (χ1n) is 8.13. The summed E-state index contributed by atoms with van der Waals surface area (Å²) in [6, 6.07) is 6.93. The van der Waals surface area contributed by atoms with Crippen LogP contribution < -0.4 is 10.9 Å². The topological polar surface area (TPSA) is 95.1 Å². The molecule has 1 aromatic heterocycles. The molecule has 0 aliphatic rings. The van der Waals surface area contributed by atoms with Crippen LogP contribution in [0.15, 0.2) is 41.7 Å². The quantitative estimate of drug-likeness (QED) is 0.610. The van der Waals surface area contributed by atoms with Crippen molar-refractivity contribution in [2.24, 2.45) is 0 Å². The van der Waals surface area contributed by atoms with E-state index in [9.17, 15) is 14.7 Å². The lowest BCUT2D eigenvalue weighted by atomic mass is 10.1. The van der Waals surface area contributed by atoms with Crippen LogP contribution in [0.25, 0.3) is 10.9 Å². The molecule has 0 spiro atoms. The molecule has 1 amide bonds. The van der Waals surface area contributed by atoms with Gasteiger partial charge >= 0.3 is 0 Å². The highest BCUT2D eigenvalue weighted by molar-refractivity contribution is 5.77. The second-order valence-electron chi connectivity index (χ2n) is 5.70. The minimum Gasteiger partial charge on any atom is -0.394 e. The van der Waals surface area contributed by atoms with Crippen LogP contribution in [0.1, 0.15) is 31.5 Å². The molecule has 0 radical (unpaired) electrons. The lowest BCUT2D eigenvalue weighted by Crippen LogP contribution is -2.37. The first-order chi connectivity index (χ1) is 11.6. The van der Waals surface area contributed by atoms with E-state index in [0.717, 1.165) is 6.42 Å². The predicted octanol–water partition coefficient (Wildman–Crippen LogP) is 1.69. The highest BCUT2D eigenvalue weighted by Gasteiger charge is 2.11. The van der Waals surface area contributed by atoms with Crippen LogP contribution in [-0.4, -0.2) is 33.6 Å². The van der Waals surface area contributed by atoms with Crippen molar-refractivity contribution in [3.05, 3.63) is 53.1 Å². The molecule has 2 rings (SSSR count). The molecule has 1 atom stereocenters. The maximum Gasteiger partial charge on any atom is 0.258 e. The van der Waals surface area contributed by atoms with Crippen molar-refractivity contribution < 1.29 is 9.90 Å². The van der Waals surface area contributed by atoms with E-state index in [1.54, 1.807) is 24.3 Å². The largest absolute Gasteiger partial charge is 0.394 e. The number of aliphatic hydroxyl groups excluding tert-OH is 1. The summed E-state index contributed by atoms with van der Waals surface area (Å²) < 4.78 is 0. The van der Waals surface area contributed by atoms with Crippen LogP contribution in [0, 0.1) is 0 Å². The number of fused-ring (bicyclic) bond motifs is 1. The average Bonchev–Trinajstić information content (AvgIpc) is 2.58. The number of aromatic amines is 1. The number of allylic oxidation sites excluding steroid dienone is 1. The number of rotatable bonds is 9. The Labute approximate surface area is 140 Å². The van der Waals surface area contributed by atoms with E-state index in [2.05, 4.69) is 21.9 Å².